The van der Waals surface area contributed by atoms with Gasteiger partial charge in [-0.25, -0.2) is 4.79 Å². The van der Waals surface area contributed by atoms with Crippen LogP contribution in [0.1, 0.15) is 52.6 Å². The normalized spacial score (nSPS) is 14.8. The van der Waals surface area contributed by atoms with Gasteiger partial charge in [-0.2, -0.15) is 0 Å². The molecular formula is C19H32N2O3. The van der Waals surface area contributed by atoms with Crippen LogP contribution in [0.25, 0.3) is 0 Å². The summed E-state index contributed by atoms with van der Waals surface area (Å²) in [6, 6.07) is 9.07. The first-order chi connectivity index (χ1) is 11.1. The third-order valence-corrected chi connectivity index (χ3v) is 4.17. The molecule has 1 aromatic carbocycles. The fraction of sp³-hybridized carbons (Fsp3) is 0.632. The number of benzene rings is 1. The average molecular weight is 336 g/mol. The Morgan fingerprint density at radius 3 is 2.25 bits per heavy atom. The van der Waals surface area contributed by atoms with Crippen molar-refractivity contribution in [2.45, 2.75) is 53.2 Å². The Bertz CT molecular complexity index is 513. The van der Waals surface area contributed by atoms with Crippen molar-refractivity contribution in [3.05, 3.63) is 35.9 Å². The fourth-order valence-corrected chi connectivity index (χ4v) is 2.84. The van der Waals surface area contributed by atoms with Gasteiger partial charge < -0.3 is 20.8 Å². The Kier molecular flexibility index (Phi) is 7.24. The van der Waals surface area contributed by atoms with E-state index in [-0.39, 0.29) is 24.1 Å². The molecule has 24 heavy (non-hydrogen) atoms. The number of hydrogen-bond acceptors (Lipinski definition) is 3. The SMILES string of the molecule is CC(O)CC(C)(C)CNC(=O)NC(c1ccccc1)C(C)(C)CO. The van der Waals surface area contributed by atoms with Crippen LogP contribution in [0.5, 0.6) is 0 Å². The molecule has 4 N–H and O–H groups in total. The molecule has 2 unspecified atom stereocenters. The molecule has 1 rings (SSSR count). The summed E-state index contributed by atoms with van der Waals surface area (Å²) in [5, 5.41) is 25.1. The molecule has 5 nitrogen and oxygen atoms in total. The third kappa shape index (κ3) is 6.49. The molecular weight excluding hydrogens is 304 g/mol. The van der Waals surface area contributed by atoms with E-state index in [1.165, 1.54) is 0 Å². The topological polar surface area (TPSA) is 81.6 Å². The second-order valence-electron chi connectivity index (χ2n) is 8.03. The molecule has 0 saturated carbocycles. The molecule has 5 heteroatoms. The van der Waals surface area contributed by atoms with Crippen LogP contribution in [-0.4, -0.2) is 35.5 Å². The molecule has 0 aliphatic carbocycles. The minimum Gasteiger partial charge on any atom is -0.396 e. The van der Waals surface area contributed by atoms with Crippen LogP contribution in [0.15, 0.2) is 30.3 Å². The van der Waals surface area contributed by atoms with Crippen molar-refractivity contribution >= 4 is 6.03 Å². The van der Waals surface area contributed by atoms with Crippen molar-refractivity contribution < 1.29 is 15.0 Å². The Morgan fingerprint density at radius 2 is 1.75 bits per heavy atom. The number of aliphatic hydroxyl groups is 2. The molecule has 0 saturated heterocycles. The molecule has 136 valence electrons. The van der Waals surface area contributed by atoms with Crippen molar-refractivity contribution in [2.75, 3.05) is 13.2 Å². The Morgan fingerprint density at radius 1 is 1.17 bits per heavy atom. The van der Waals surface area contributed by atoms with Crippen LogP contribution in [0.2, 0.25) is 0 Å². The summed E-state index contributed by atoms with van der Waals surface area (Å²) in [7, 11) is 0. The maximum Gasteiger partial charge on any atom is 0.315 e. The molecule has 2 atom stereocenters. The zero-order chi connectivity index (χ0) is 18.4. The van der Waals surface area contributed by atoms with Crippen molar-refractivity contribution in [1.29, 1.82) is 0 Å². The van der Waals surface area contributed by atoms with E-state index in [9.17, 15) is 15.0 Å². The van der Waals surface area contributed by atoms with E-state index in [4.69, 9.17) is 0 Å². The molecule has 1 aromatic rings. The van der Waals surface area contributed by atoms with E-state index in [1.807, 2.05) is 58.0 Å². The van der Waals surface area contributed by atoms with Gasteiger partial charge >= 0.3 is 6.03 Å². The van der Waals surface area contributed by atoms with Crippen LogP contribution in [0.4, 0.5) is 4.79 Å². The van der Waals surface area contributed by atoms with E-state index in [2.05, 4.69) is 10.6 Å². The summed E-state index contributed by atoms with van der Waals surface area (Å²) in [4.78, 5) is 12.4. The summed E-state index contributed by atoms with van der Waals surface area (Å²) >= 11 is 0. The first-order valence-corrected chi connectivity index (χ1v) is 8.46. The van der Waals surface area contributed by atoms with Crippen LogP contribution >= 0.6 is 0 Å². The van der Waals surface area contributed by atoms with E-state index in [1.54, 1.807) is 6.92 Å². The van der Waals surface area contributed by atoms with Crippen LogP contribution in [0, 0.1) is 10.8 Å². The van der Waals surface area contributed by atoms with Gasteiger partial charge in [0.15, 0.2) is 0 Å². The van der Waals surface area contributed by atoms with Crippen molar-refractivity contribution in [3.63, 3.8) is 0 Å². The van der Waals surface area contributed by atoms with Gasteiger partial charge in [-0.15, -0.1) is 0 Å². The Labute approximate surface area is 145 Å². The minimum absolute atomic E-state index is 0.0413. The number of amides is 2. The lowest BCUT2D eigenvalue weighted by molar-refractivity contribution is 0.115. The van der Waals surface area contributed by atoms with E-state index in [0.717, 1.165) is 5.56 Å². The van der Waals surface area contributed by atoms with Gasteiger partial charge in [-0.05, 0) is 24.3 Å². The van der Waals surface area contributed by atoms with Gasteiger partial charge in [0, 0.05) is 12.0 Å². The largest absolute Gasteiger partial charge is 0.396 e. The maximum atomic E-state index is 12.4. The Hall–Kier alpha value is -1.59. The number of carbonyl (C=O) groups is 1. The number of hydrogen-bond donors (Lipinski definition) is 4. The second-order valence-corrected chi connectivity index (χ2v) is 8.03. The lowest BCUT2D eigenvalue weighted by Gasteiger charge is -2.34. The third-order valence-electron chi connectivity index (χ3n) is 4.17. The first-order valence-electron chi connectivity index (χ1n) is 8.46. The molecule has 0 aliphatic heterocycles. The van der Waals surface area contributed by atoms with Gasteiger partial charge in [0.25, 0.3) is 0 Å². The van der Waals surface area contributed by atoms with E-state index >= 15 is 0 Å². The molecule has 0 radical (unpaired) electrons. The zero-order valence-corrected chi connectivity index (χ0v) is 15.5. The number of rotatable bonds is 8. The minimum atomic E-state index is -0.492. The zero-order valence-electron chi connectivity index (χ0n) is 15.5. The molecule has 0 aliphatic rings. The monoisotopic (exact) mass is 336 g/mol. The van der Waals surface area contributed by atoms with E-state index < -0.39 is 11.5 Å². The quantitative estimate of drug-likeness (QED) is 0.589. The summed E-state index contributed by atoms with van der Waals surface area (Å²) in [6.45, 7) is 10.0. The van der Waals surface area contributed by atoms with Crippen LogP contribution < -0.4 is 10.6 Å². The highest BCUT2D eigenvalue weighted by atomic mass is 16.3. The van der Waals surface area contributed by atoms with Crippen LogP contribution in [-0.2, 0) is 0 Å². The molecule has 0 fully saturated rings. The molecule has 0 aromatic heterocycles. The van der Waals surface area contributed by atoms with Gasteiger partial charge in [0.1, 0.15) is 0 Å². The number of nitrogens with one attached hydrogen (secondary N) is 2. The predicted octanol–water partition coefficient (Wildman–Crippen LogP) is 2.84. The van der Waals surface area contributed by atoms with Crippen molar-refractivity contribution in [3.8, 4) is 0 Å². The van der Waals surface area contributed by atoms with Gasteiger partial charge in [-0.3, -0.25) is 0 Å². The molecule has 0 spiro atoms. The van der Waals surface area contributed by atoms with E-state index in [0.29, 0.717) is 13.0 Å². The summed E-state index contributed by atoms with van der Waals surface area (Å²) in [5.74, 6) is 0. The average Bonchev–Trinajstić information content (AvgIpc) is 2.50. The fourth-order valence-electron chi connectivity index (χ4n) is 2.84. The Balaban J connectivity index is 2.76. The van der Waals surface area contributed by atoms with Crippen LogP contribution in [0.3, 0.4) is 0 Å². The molecule has 2 amide bonds. The lowest BCUT2D eigenvalue weighted by atomic mass is 9.81. The molecule has 0 heterocycles. The summed E-state index contributed by atoms with van der Waals surface area (Å²) in [6.07, 6.45) is 0.201. The number of carbonyl (C=O) groups excluding carboxylic acids is 1. The summed E-state index contributed by atoms with van der Waals surface area (Å²) in [5.41, 5.74) is 0.267. The lowest BCUT2D eigenvalue weighted by Crippen LogP contribution is -2.47. The van der Waals surface area contributed by atoms with Gasteiger partial charge in [0.05, 0.1) is 18.8 Å². The highest BCUT2D eigenvalue weighted by Crippen LogP contribution is 2.32. The van der Waals surface area contributed by atoms with Crippen molar-refractivity contribution in [1.82, 2.24) is 10.6 Å². The number of urea groups is 1. The summed E-state index contributed by atoms with van der Waals surface area (Å²) < 4.78 is 0. The first kappa shape index (κ1) is 20.5. The van der Waals surface area contributed by atoms with Gasteiger partial charge in [0.2, 0.25) is 0 Å². The van der Waals surface area contributed by atoms with Crippen molar-refractivity contribution in [2.24, 2.45) is 10.8 Å². The number of aliphatic hydroxyl groups excluding tert-OH is 2. The second kappa shape index (κ2) is 8.49. The highest BCUT2D eigenvalue weighted by Gasteiger charge is 2.32. The smallest absolute Gasteiger partial charge is 0.315 e. The van der Waals surface area contributed by atoms with Gasteiger partial charge in [-0.1, -0.05) is 58.0 Å². The highest BCUT2D eigenvalue weighted by molar-refractivity contribution is 5.74. The standard InChI is InChI=1S/C19H32N2O3/c1-14(23)11-18(2,3)12-20-17(24)21-16(19(4,5)13-22)15-9-7-6-8-10-15/h6-10,14,16,22-23H,11-13H2,1-5H3,(H2,20,21,24). The maximum absolute atomic E-state index is 12.4. The molecule has 0 bridgehead atoms. The predicted molar refractivity (Wildman–Crippen MR) is 96.7 cm³/mol.